The van der Waals surface area contributed by atoms with Gasteiger partial charge in [-0.05, 0) is 23.8 Å². The van der Waals surface area contributed by atoms with E-state index < -0.39 is 11.6 Å². The van der Waals surface area contributed by atoms with Crippen LogP contribution in [0.3, 0.4) is 0 Å². The first-order valence-corrected chi connectivity index (χ1v) is 4.45. The molecule has 0 bridgehead atoms. The predicted molar refractivity (Wildman–Crippen MR) is 52.7 cm³/mol. The van der Waals surface area contributed by atoms with E-state index in [-0.39, 0.29) is 0 Å². The van der Waals surface area contributed by atoms with Crippen molar-refractivity contribution in [1.82, 2.24) is 0 Å². The second-order valence-corrected chi connectivity index (χ2v) is 3.18. The molecule has 0 spiro atoms. The summed E-state index contributed by atoms with van der Waals surface area (Å²) in [5.74, 6) is -1.69. The molecule has 0 aliphatic rings. The molecule has 15 heavy (non-hydrogen) atoms. The molecule has 1 heterocycles. The lowest BCUT2D eigenvalue weighted by molar-refractivity contribution is -0.600. The van der Waals surface area contributed by atoms with Crippen molar-refractivity contribution in [3.63, 3.8) is 0 Å². The first-order chi connectivity index (χ1) is 7.18. The van der Waals surface area contributed by atoms with Gasteiger partial charge in [-0.3, -0.25) is 0 Å². The van der Waals surface area contributed by atoms with E-state index in [1.54, 1.807) is 16.8 Å². The van der Waals surface area contributed by atoms with Crippen LogP contribution in [0.25, 0.3) is 11.3 Å². The van der Waals surface area contributed by atoms with E-state index in [4.69, 9.17) is 0 Å². The Morgan fingerprint density at radius 3 is 2.47 bits per heavy atom. The molecule has 0 saturated heterocycles. The topological polar surface area (TPSA) is 3.88 Å². The van der Waals surface area contributed by atoms with Crippen molar-refractivity contribution in [3.05, 3.63) is 61.3 Å². The van der Waals surface area contributed by atoms with Crippen LogP contribution in [0.5, 0.6) is 0 Å². The van der Waals surface area contributed by atoms with Crippen LogP contribution in [0, 0.1) is 18.7 Å². The lowest BCUT2D eigenvalue weighted by Gasteiger charge is -2.06. The van der Waals surface area contributed by atoms with Crippen molar-refractivity contribution in [2.75, 3.05) is 0 Å². The number of rotatable bonds is 1. The quantitative estimate of drug-likeness (QED) is 0.497. The van der Waals surface area contributed by atoms with Crippen LogP contribution in [0.15, 0.2) is 42.6 Å². The van der Waals surface area contributed by atoms with Gasteiger partial charge < -0.3 is 4.57 Å². The van der Waals surface area contributed by atoms with Gasteiger partial charge in [-0.15, -0.1) is 0 Å². The van der Waals surface area contributed by atoms with Gasteiger partial charge in [-0.1, -0.05) is 18.2 Å². The number of nitrogens with zero attached hydrogens (tertiary/aromatic N) is 1. The molecule has 0 amide bonds. The summed E-state index contributed by atoms with van der Waals surface area (Å²) in [6.45, 7) is 0. The van der Waals surface area contributed by atoms with Crippen LogP contribution in [-0.4, -0.2) is 0 Å². The first kappa shape index (κ1) is 9.65. The number of benzene rings is 1. The maximum atomic E-state index is 13.0. The molecule has 3 heteroatoms. The fourth-order valence-electron chi connectivity index (χ4n) is 1.39. The zero-order valence-electron chi connectivity index (χ0n) is 7.95. The van der Waals surface area contributed by atoms with Crippen LogP contribution < -0.4 is 4.57 Å². The average molecular weight is 205 g/mol. The number of hydrogen-bond donors (Lipinski definition) is 0. The Bertz CT molecular complexity index is 495. The standard InChI is InChI=1S/C12H9F2N/c1-15-7-3-2-4-12(15)9-5-6-10(13)11(14)8-9/h2-8H,1H2. The van der Waals surface area contributed by atoms with Crippen LogP contribution in [0.2, 0.25) is 0 Å². The Labute approximate surface area is 86.6 Å². The van der Waals surface area contributed by atoms with Crippen molar-refractivity contribution in [2.24, 2.45) is 0 Å². The lowest BCUT2D eigenvalue weighted by Crippen LogP contribution is -2.27. The van der Waals surface area contributed by atoms with Gasteiger partial charge in [0.15, 0.2) is 11.6 Å². The highest BCUT2D eigenvalue weighted by Crippen LogP contribution is 2.17. The molecule has 1 aromatic heterocycles. The molecule has 2 aromatic rings. The average Bonchev–Trinajstić information content (AvgIpc) is 2.23. The zero-order chi connectivity index (χ0) is 10.8. The van der Waals surface area contributed by atoms with E-state index in [9.17, 15) is 8.78 Å². The van der Waals surface area contributed by atoms with Crippen molar-refractivity contribution < 1.29 is 13.3 Å². The molecule has 0 unspecified atom stereocenters. The Morgan fingerprint density at radius 2 is 1.80 bits per heavy atom. The SMILES string of the molecule is [CH2-][n+]1ccccc1-c1ccc(F)c(F)c1. The van der Waals surface area contributed by atoms with Gasteiger partial charge >= 0.3 is 0 Å². The second-order valence-electron chi connectivity index (χ2n) is 3.18. The second kappa shape index (κ2) is 3.69. The summed E-state index contributed by atoms with van der Waals surface area (Å²) in [5.41, 5.74) is 1.33. The molecule has 1 nitrogen and oxygen atoms in total. The van der Waals surface area contributed by atoms with Crippen LogP contribution >= 0.6 is 0 Å². The van der Waals surface area contributed by atoms with Gasteiger partial charge in [-0.2, -0.15) is 0 Å². The molecule has 0 aliphatic heterocycles. The van der Waals surface area contributed by atoms with E-state index in [0.717, 1.165) is 17.8 Å². The van der Waals surface area contributed by atoms with E-state index >= 15 is 0 Å². The van der Waals surface area contributed by atoms with E-state index in [1.807, 2.05) is 12.1 Å². The van der Waals surface area contributed by atoms with Gasteiger partial charge in [0, 0.05) is 7.05 Å². The summed E-state index contributed by atoms with van der Waals surface area (Å²) in [6, 6.07) is 9.22. The van der Waals surface area contributed by atoms with E-state index in [1.165, 1.54) is 6.07 Å². The minimum atomic E-state index is -0.851. The maximum Gasteiger partial charge on any atom is 0.158 e. The number of hydrogen-bond acceptors (Lipinski definition) is 0. The van der Waals surface area contributed by atoms with Gasteiger partial charge in [0.05, 0.1) is 6.20 Å². The highest BCUT2D eigenvalue weighted by Gasteiger charge is 2.06. The van der Waals surface area contributed by atoms with Crippen molar-refractivity contribution in [2.45, 2.75) is 0 Å². The maximum absolute atomic E-state index is 13.0. The largest absolute Gasteiger partial charge is 0.333 e. The third-order valence-electron chi connectivity index (χ3n) is 2.16. The molecule has 2 rings (SSSR count). The Kier molecular flexibility index (Phi) is 2.37. The molecule has 0 atom stereocenters. The summed E-state index contributed by atoms with van der Waals surface area (Å²) in [7, 11) is 3.75. The molecule has 0 N–H and O–H groups in total. The number of aromatic nitrogens is 1. The highest BCUT2D eigenvalue weighted by molar-refractivity contribution is 5.55. The van der Waals surface area contributed by atoms with E-state index in [2.05, 4.69) is 7.05 Å². The molecule has 76 valence electrons. The Hall–Kier alpha value is -1.90. The molecular weight excluding hydrogens is 196 g/mol. The third kappa shape index (κ3) is 1.81. The Balaban J connectivity index is 2.55. The molecule has 0 saturated carbocycles. The van der Waals surface area contributed by atoms with Crippen molar-refractivity contribution in [1.29, 1.82) is 0 Å². The minimum Gasteiger partial charge on any atom is -0.333 e. The van der Waals surface area contributed by atoms with Gasteiger partial charge in [0.25, 0.3) is 0 Å². The normalized spacial score (nSPS) is 10.3. The summed E-state index contributed by atoms with van der Waals surface area (Å²) < 4.78 is 27.3. The van der Waals surface area contributed by atoms with Gasteiger partial charge in [-0.25, -0.2) is 8.78 Å². The molecule has 1 aromatic carbocycles. The van der Waals surface area contributed by atoms with Crippen LogP contribution in [-0.2, 0) is 0 Å². The van der Waals surface area contributed by atoms with Crippen molar-refractivity contribution >= 4 is 0 Å². The molecule has 0 radical (unpaired) electrons. The fourth-order valence-corrected chi connectivity index (χ4v) is 1.39. The monoisotopic (exact) mass is 205 g/mol. The number of halogens is 2. The fraction of sp³-hybridized carbons (Fsp3) is 0. The molecular formula is C12H9F2N. The predicted octanol–water partition coefficient (Wildman–Crippen LogP) is 2.56. The molecule has 0 fully saturated rings. The lowest BCUT2D eigenvalue weighted by atomic mass is 10.1. The number of pyridine rings is 1. The van der Waals surface area contributed by atoms with Gasteiger partial charge in [0.2, 0.25) is 0 Å². The van der Waals surface area contributed by atoms with E-state index in [0.29, 0.717) is 5.56 Å². The summed E-state index contributed by atoms with van der Waals surface area (Å²) in [6.07, 6.45) is 1.75. The van der Waals surface area contributed by atoms with Crippen LogP contribution in [0.4, 0.5) is 8.78 Å². The summed E-state index contributed by atoms with van der Waals surface area (Å²) in [4.78, 5) is 0. The van der Waals surface area contributed by atoms with Crippen LogP contribution in [0.1, 0.15) is 0 Å². The molecule has 0 aliphatic carbocycles. The van der Waals surface area contributed by atoms with Gasteiger partial charge in [0.1, 0.15) is 5.69 Å². The zero-order valence-corrected chi connectivity index (χ0v) is 7.95. The third-order valence-corrected chi connectivity index (χ3v) is 2.16. The summed E-state index contributed by atoms with van der Waals surface area (Å²) >= 11 is 0. The highest BCUT2D eigenvalue weighted by atomic mass is 19.2. The Morgan fingerprint density at radius 1 is 1.00 bits per heavy atom. The first-order valence-electron chi connectivity index (χ1n) is 4.45. The minimum absolute atomic E-state index is 0.601. The van der Waals surface area contributed by atoms with Crippen molar-refractivity contribution in [3.8, 4) is 11.3 Å². The smallest absolute Gasteiger partial charge is 0.158 e. The summed E-state index contributed by atoms with van der Waals surface area (Å²) in [5, 5.41) is 0.